The quantitative estimate of drug-likeness (QED) is 0.0146. The second-order valence-electron chi connectivity index (χ2n) is 29.7. The van der Waals surface area contributed by atoms with Crippen molar-refractivity contribution in [1.29, 1.82) is 0 Å². The molecule has 0 aromatic heterocycles. The molecule has 18 heteroatoms. The van der Waals surface area contributed by atoms with E-state index in [-0.39, 0.29) is 19.3 Å². The zero-order valence-electron chi connectivity index (χ0n) is 70.4. The van der Waals surface area contributed by atoms with Gasteiger partial charge in [0.2, 0.25) is 0 Å². The molecule has 0 radical (unpaired) electrons. The molecule has 111 heavy (non-hydrogen) atoms. The number of carbonyl (C=O) groups is 3. The molecule has 0 heterocycles. The minimum atomic E-state index is -4.94. The molecule has 0 aliphatic heterocycles. The van der Waals surface area contributed by atoms with Crippen LogP contribution in [0.15, 0.2) is 134 Å². The second kappa shape index (κ2) is 85.1. The number of phosphoric ester groups is 2. The molecule has 0 aliphatic carbocycles. The molecule has 0 saturated heterocycles. The summed E-state index contributed by atoms with van der Waals surface area (Å²) in [7, 11) is -9.80. The summed E-state index contributed by atoms with van der Waals surface area (Å²) in [5, 5.41) is 20.7. The predicted octanol–water partition coefficient (Wildman–Crippen LogP) is 27.0. The van der Waals surface area contributed by atoms with Crippen molar-refractivity contribution in [2.75, 3.05) is 39.6 Å². The van der Waals surface area contributed by atoms with E-state index >= 15 is 0 Å². The third-order valence-corrected chi connectivity index (χ3v) is 20.7. The van der Waals surface area contributed by atoms with Crippen LogP contribution >= 0.6 is 15.6 Å². The molecular weight excluding hydrogens is 1430 g/mol. The molecule has 640 valence electrons. The number of hydrogen-bond acceptors (Lipinski definition) is 14. The molecule has 0 bridgehead atoms. The van der Waals surface area contributed by atoms with Gasteiger partial charge < -0.3 is 34.2 Å². The van der Waals surface area contributed by atoms with Gasteiger partial charge in [0, 0.05) is 19.3 Å². The summed E-state index contributed by atoms with van der Waals surface area (Å²) in [5.41, 5.74) is 0. The molecule has 0 aromatic carbocycles. The molecular formula is C93H162O16P2. The highest BCUT2D eigenvalue weighted by molar-refractivity contribution is 7.47. The molecule has 0 spiro atoms. The Morgan fingerprint density at radius 1 is 0.261 bits per heavy atom. The van der Waals surface area contributed by atoms with E-state index < -0.39 is 91.5 Å². The number of allylic oxidation sites excluding steroid dienone is 22. The van der Waals surface area contributed by atoms with Gasteiger partial charge in [0.05, 0.1) is 26.4 Å². The number of aliphatic hydroxyl groups is 2. The molecule has 0 rings (SSSR count). The summed E-state index contributed by atoms with van der Waals surface area (Å²) in [6, 6.07) is 0. The van der Waals surface area contributed by atoms with Crippen molar-refractivity contribution in [3.63, 3.8) is 0 Å². The van der Waals surface area contributed by atoms with Crippen molar-refractivity contribution in [1.82, 2.24) is 0 Å². The van der Waals surface area contributed by atoms with Crippen LogP contribution in [0, 0.1) is 0 Å². The topological polar surface area (TPSA) is 231 Å². The second-order valence-corrected chi connectivity index (χ2v) is 32.6. The van der Waals surface area contributed by atoms with Crippen LogP contribution in [0.1, 0.15) is 380 Å². The molecule has 0 saturated carbocycles. The Labute approximate surface area is 677 Å². The lowest BCUT2D eigenvalue weighted by atomic mass is 10.0. The van der Waals surface area contributed by atoms with Gasteiger partial charge in [-0.2, -0.15) is 0 Å². The Bertz CT molecular complexity index is 2550. The number of phosphoric acid groups is 2. The summed E-state index contributed by atoms with van der Waals surface area (Å²) in [6.07, 6.45) is 105. The molecule has 0 fully saturated rings. The van der Waals surface area contributed by atoms with E-state index in [0.29, 0.717) is 19.3 Å². The van der Waals surface area contributed by atoms with Crippen LogP contribution in [0.2, 0.25) is 0 Å². The van der Waals surface area contributed by atoms with Crippen molar-refractivity contribution >= 4 is 33.6 Å². The highest BCUT2D eigenvalue weighted by atomic mass is 31.2. The van der Waals surface area contributed by atoms with Gasteiger partial charge in [-0.25, -0.2) is 9.13 Å². The van der Waals surface area contributed by atoms with E-state index in [1.807, 2.05) is 0 Å². The number of carbonyl (C=O) groups excluding carboxylic acids is 3. The van der Waals surface area contributed by atoms with Crippen molar-refractivity contribution in [2.24, 2.45) is 0 Å². The van der Waals surface area contributed by atoms with Crippen LogP contribution in [-0.2, 0) is 55.8 Å². The van der Waals surface area contributed by atoms with Crippen molar-refractivity contribution in [3.05, 3.63) is 134 Å². The van der Waals surface area contributed by atoms with Gasteiger partial charge in [0.1, 0.15) is 25.4 Å². The van der Waals surface area contributed by atoms with Crippen LogP contribution in [0.3, 0.4) is 0 Å². The van der Waals surface area contributed by atoms with Gasteiger partial charge in [0.25, 0.3) is 0 Å². The fourth-order valence-electron chi connectivity index (χ4n) is 12.1. The zero-order chi connectivity index (χ0) is 80.8. The summed E-state index contributed by atoms with van der Waals surface area (Å²) >= 11 is 0. The third-order valence-electron chi connectivity index (χ3n) is 18.8. The van der Waals surface area contributed by atoms with E-state index in [1.54, 1.807) is 0 Å². The normalized spacial score (nSPS) is 14.5. The zero-order valence-corrected chi connectivity index (χ0v) is 72.1. The van der Waals surface area contributed by atoms with Crippen molar-refractivity contribution in [2.45, 2.75) is 399 Å². The lowest BCUT2D eigenvalue weighted by Gasteiger charge is -2.21. The van der Waals surface area contributed by atoms with Crippen LogP contribution in [0.5, 0.6) is 0 Å². The first-order valence-electron chi connectivity index (χ1n) is 44.5. The maximum absolute atomic E-state index is 13.0. The standard InChI is InChI=1S/C93H162O16P2/c1-4-7-10-13-16-19-22-25-28-30-32-34-36-38-40-41-42-43-44-45-47-49-50-52-54-56-59-61-64-67-70-73-76-79-91(96)103-82-88(94)83-105-110(99,100)106-84-89(95)85-107-111(101,102)108-87-90(109-93(98)81-78-75-72-69-66-63-58-27-24-21-18-15-12-9-6-3)86-104-92(97)80-77-74-71-68-65-62-60-57-55-53-51-48-46-39-37-35-33-31-29-26-23-20-17-14-11-8-5-2/h9,12,16-21,25-29,32-35,38-40,46,58,88-90,94-95H,4-8,10-11,13-15,22-24,30-31,36-37,41-45,47-57,59-87H2,1-3H3,(H,99,100)(H,101,102)/b12-9-,19-16-,20-17-,21-18-,28-25-,29-26-,34-32-,35-33-,40-38-,46-39-,58-27-. The number of ether oxygens (including phenoxy) is 3. The van der Waals surface area contributed by atoms with E-state index in [4.69, 9.17) is 32.3 Å². The first kappa shape index (κ1) is 107. The number of rotatable bonds is 84. The molecule has 5 unspecified atom stereocenters. The number of unbranched alkanes of at least 4 members (excludes halogenated alkanes) is 39. The number of esters is 3. The van der Waals surface area contributed by atoms with E-state index in [1.165, 1.54) is 180 Å². The lowest BCUT2D eigenvalue weighted by molar-refractivity contribution is -0.161. The van der Waals surface area contributed by atoms with Crippen molar-refractivity contribution in [3.8, 4) is 0 Å². The lowest BCUT2D eigenvalue weighted by Crippen LogP contribution is -2.30. The van der Waals surface area contributed by atoms with Crippen LogP contribution in [0.4, 0.5) is 0 Å². The third kappa shape index (κ3) is 86.4. The van der Waals surface area contributed by atoms with E-state index in [2.05, 4.69) is 154 Å². The smallest absolute Gasteiger partial charge is 0.463 e. The maximum Gasteiger partial charge on any atom is 0.472 e. The summed E-state index contributed by atoms with van der Waals surface area (Å²) < 4.78 is 61.3. The Kier molecular flexibility index (Phi) is 81.8. The maximum atomic E-state index is 13.0. The monoisotopic (exact) mass is 1600 g/mol. The summed E-state index contributed by atoms with van der Waals surface area (Å²) in [4.78, 5) is 58.8. The van der Waals surface area contributed by atoms with Gasteiger partial charge >= 0.3 is 33.6 Å². The molecule has 0 amide bonds. The predicted molar refractivity (Wildman–Crippen MR) is 463 cm³/mol. The highest BCUT2D eigenvalue weighted by Gasteiger charge is 2.29. The van der Waals surface area contributed by atoms with E-state index in [0.717, 1.165) is 141 Å². The summed E-state index contributed by atoms with van der Waals surface area (Å²) in [6.45, 7) is 2.53. The largest absolute Gasteiger partial charge is 0.472 e. The van der Waals surface area contributed by atoms with Crippen LogP contribution in [0.25, 0.3) is 0 Å². The Morgan fingerprint density at radius 3 is 0.757 bits per heavy atom. The SMILES string of the molecule is CC/C=C\C/C=C\C/C=C\CCCCCCCC(=O)OC(COC(=O)CCCCCCCCCCCCC/C=C\C/C=C\C/C=C\C/C=C\CCCCC)COP(=O)(O)OCC(O)COP(=O)(O)OCC(O)COC(=O)CCCCCCCCCCCCCCCCCCC/C=C\C/C=C\C/C=C\C/C=C\CCCCC. The minimum absolute atomic E-state index is 0.0828. The fourth-order valence-corrected chi connectivity index (χ4v) is 13.7. The average Bonchev–Trinajstić information content (AvgIpc) is 0.899. The Hall–Kier alpha value is -4.31. The minimum Gasteiger partial charge on any atom is -0.463 e. The Morgan fingerprint density at radius 2 is 0.477 bits per heavy atom. The first-order chi connectivity index (χ1) is 54.2. The molecule has 4 N–H and O–H groups in total. The molecule has 0 aromatic rings. The van der Waals surface area contributed by atoms with Gasteiger partial charge in [-0.1, -0.05) is 353 Å². The fraction of sp³-hybridized carbons (Fsp3) is 0.731. The first-order valence-corrected chi connectivity index (χ1v) is 47.5. The van der Waals surface area contributed by atoms with E-state index in [9.17, 15) is 43.5 Å². The van der Waals surface area contributed by atoms with Gasteiger partial charge in [-0.3, -0.25) is 32.5 Å². The van der Waals surface area contributed by atoms with Crippen molar-refractivity contribution < 1.29 is 75.8 Å². The molecule has 5 atom stereocenters. The summed E-state index contributed by atoms with van der Waals surface area (Å²) in [5.74, 6) is -1.59. The average molecular weight is 1600 g/mol. The van der Waals surface area contributed by atoms with Crippen LogP contribution < -0.4 is 0 Å². The highest BCUT2D eigenvalue weighted by Crippen LogP contribution is 2.45. The van der Waals surface area contributed by atoms with Gasteiger partial charge in [-0.15, -0.1) is 0 Å². The van der Waals surface area contributed by atoms with Gasteiger partial charge in [-0.05, 0) is 141 Å². The number of hydrogen-bond donors (Lipinski definition) is 4. The molecule has 0 aliphatic rings. The van der Waals surface area contributed by atoms with Crippen LogP contribution in [-0.4, -0.2) is 95.9 Å². The Balaban J connectivity index is 4.46. The molecule has 16 nitrogen and oxygen atoms in total. The number of aliphatic hydroxyl groups excluding tert-OH is 2. The van der Waals surface area contributed by atoms with Gasteiger partial charge in [0.15, 0.2) is 6.10 Å².